The SMILES string of the molecule is ClCCCN(Cc1cccs1)C1CCC1. The van der Waals surface area contributed by atoms with Crippen LogP contribution in [0.3, 0.4) is 0 Å². The molecule has 0 amide bonds. The highest BCUT2D eigenvalue weighted by atomic mass is 35.5. The van der Waals surface area contributed by atoms with E-state index in [0.29, 0.717) is 0 Å². The van der Waals surface area contributed by atoms with E-state index < -0.39 is 0 Å². The van der Waals surface area contributed by atoms with Crippen LogP contribution in [0.25, 0.3) is 0 Å². The van der Waals surface area contributed by atoms with Crippen molar-refractivity contribution in [2.24, 2.45) is 0 Å². The van der Waals surface area contributed by atoms with Crippen LogP contribution in [0.4, 0.5) is 0 Å². The van der Waals surface area contributed by atoms with Gasteiger partial charge in [0.2, 0.25) is 0 Å². The number of alkyl halides is 1. The lowest BCUT2D eigenvalue weighted by atomic mass is 9.91. The molecule has 84 valence electrons. The quantitative estimate of drug-likeness (QED) is 0.689. The number of halogens is 1. The van der Waals surface area contributed by atoms with Gasteiger partial charge in [0.1, 0.15) is 0 Å². The zero-order valence-corrected chi connectivity index (χ0v) is 10.6. The van der Waals surface area contributed by atoms with Crippen molar-refractivity contribution in [3.05, 3.63) is 22.4 Å². The van der Waals surface area contributed by atoms with Gasteiger partial charge in [-0.25, -0.2) is 0 Å². The maximum atomic E-state index is 5.77. The maximum Gasteiger partial charge on any atom is 0.0330 e. The van der Waals surface area contributed by atoms with Crippen molar-refractivity contribution in [3.63, 3.8) is 0 Å². The Morgan fingerprint density at radius 3 is 2.87 bits per heavy atom. The van der Waals surface area contributed by atoms with Crippen LogP contribution in [0.5, 0.6) is 0 Å². The molecule has 1 heterocycles. The fraction of sp³-hybridized carbons (Fsp3) is 0.667. The van der Waals surface area contributed by atoms with Crippen molar-refractivity contribution in [2.75, 3.05) is 12.4 Å². The van der Waals surface area contributed by atoms with Gasteiger partial charge >= 0.3 is 0 Å². The molecule has 3 heteroatoms. The van der Waals surface area contributed by atoms with Crippen molar-refractivity contribution in [1.29, 1.82) is 0 Å². The first-order chi connectivity index (χ1) is 7.40. The predicted octanol–water partition coefficient (Wildman–Crippen LogP) is 3.73. The Bertz CT molecular complexity index is 269. The molecule has 0 unspecified atom stereocenters. The highest BCUT2D eigenvalue weighted by molar-refractivity contribution is 7.09. The molecule has 1 aromatic heterocycles. The number of thiophene rings is 1. The lowest BCUT2D eigenvalue weighted by Gasteiger charge is -2.37. The van der Waals surface area contributed by atoms with E-state index in [9.17, 15) is 0 Å². The van der Waals surface area contributed by atoms with Gasteiger partial charge in [0.05, 0.1) is 0 Å². The third-order valence-electron chi connectivity index (χ3n) is 3.11. The Morgan fingerprint density at radius 2 is 2.33 bits per heavy atom. The average Bonchev–Trinajstić information content (AvgIpc) is 2.64. The summed E-state index contributed by atoms with van der Waals surface area (Å²) in [6, 6.07) is 5.20. The molecule has 0 radical (unpaired) electrons. The Balaban J connectivity index is 1.86. The molecule has 1 aliphatic carbocycles. The molecule has 0 N–H and O–H groups in total. The molecule has 1 nitrogen and oxygen atoms in total. The standard InChI is InChI=1S/C12H18ClNS/c13-7-3-8-14(11-4-1-5-11)10-12-6-2-9-15-12/h2,6,9,11H,1,3-5,7-8,10H2. The zero-order chi connectivity index (χ0) is 10.5. The Morgan fingerprint density at radius 1 is 1.47 bits per heavy atom. The van der Waals surface area contributed by atoms with Crippen LogP contribution in [0, 0.1) is 0 Å². The first-order valence-electron chi connectivity index (χ1n) is 5.72. The molecule has 0 atom stereocenters. The van der Waals surface area contributed by atoms with E-state index in [1.54, 1.807) is 0 Å². The van der Waals surface area contributed by atoms with Crippen LogP contribution in [0.2, 0.25) is 0 Å². The highest BCUT2D eigenvalue weighted by Crippen LogP contribution is 2.27. The van der Waals surface area contributed by atoms with Crippen molar-refractivity contribution in [3.8, 4) is 0 Å². The smallest absolute Gasteiger partial charge is 0.0330 e. The molecule has 0 aliphatic heterocycles. The van der Waals surface area contributed by atoms with Crippen LogP contribution in [0.15, 0.2) is 17.5 Å². The summed E-state index contributed by atoms with van der Waals surface area (Å²) >= 11 is 7.63. The van der Waals surface area contributed by atoms with Crippen LogP contribution < -0.4 is 0 Å². The van der Waals surface area contributed by atoms with Gasteiger partial charge in [-0.1, -0.05) is 12.5 Å². The van der Waals surface area contributed by atoms with E-state index in [4.69, 9.17) is 11.6 Å². The van der Waals surface area contributed by atoms with Crippen molar-refractivity contribution in [2.45, 2.75) is 38.3 Å². The van der Waals surface area contributed by atoms with E-state index >= 15 is 0 Å². The van der Waals surface area contributed by atoms with Crippen LogP contribution >= 0.6 is 22.9 Å². The molecule has 0 bridgehead atoms. The largest absolute Gasteiger partial charge is 0.295 e. The van der Waals surface area contributed by atoms with Gasteiger partial charge in [0, 0.05) is 23.3 Å². The summed E-state index contributed by atoms with van der Waals surface area (Å²) in [6.45, 7) is 2.28. The van der Waals surface area contributed by atoms with Gasteiger partial charge in [-0.15, -0.1) is 22.9 Å². The van der Waals surface area contributed by atoms with Crippen LogP contribution in [0.1, 0.15) is 30.6 Å². The first-order valence-corrected chi connectivity index (χ1v) is 7.14. The molecule has 1 aromatic rings. The Labute approximate surface area is 101 Å². The molecule has 2 rings (SSSR count). The first kappa shape index (κ1) is 11.4. The summed E-state index contributed by atoms with van der Waals surface area (Å²) < 4.78 is 0. The minimum atomic E-state index is 0.785. The summed E-state index contributed by atoms with van der Waals surface area (Å²) in [5, 5.41) is 2.16. The van der Waals surface area contributed by atoms with Gasteiger partial charge in [0.15, 0.2) is 0 Å². The Kier molecular flexibility index (Phi) is 4.48. The van der Waals surface area contributed by atoms with E-state index in [2.05, 4.69) is 22.4 Å². The number of nitrogens with zero attached hydrogens (tertiary/aromatic N) is 1. The molecular weight excluding hydrogens is 226 g/mol. The van der Waals surface area contributed by atoms with E-state index in [1.807, 2.05) is 11.3 Å². The van der Waals surface area contributed by atoms with Gasteiger partial charge in [0.25, 0.3) is 0 Å². The summed E-state index contributed by atoms with van der Waals surface area (Å²) in [6.07, 6.45) is 5.29. The third-order valence-corrected chi connectivity index (χ3v) is 4.24. The van der Waals surface area contributed by atoms with Crippen molar-refractivity contribution >= 4 is 22.9 Å². The maximum absolute atomic E-state index is 5.77. The lowest BCUT2D eigenvalue weighted by Crippen LogP contribution is -2.40. The second kappa shape index (κ2) is 5.88. The average molecular weight is 244 g/mol. The summed E-state index contributed by atoms with van der Waals surface area (Å²) in [4.78, 5) is 4.09. The van der Waals surface area contributed by atoms with Crippen LogP contribution in [-0.4, -0.2) is 23.4 Å². The second-order valence-corrected chi connectivity index (χ2v) is 5.59. The molecule has 0 spiro atoms. The molecular formula is C12H18ClNS. The molecule has 1 fully saturated rings. The van der Waals surface area contributed by atoms with Crippen LogP contribution in [-0.2, 0) is 6.54 Å². The Hall–Kier alpha value is -0.0500. The minimum absolute atomic E-state index is 0.785. The summed E-state index contributed by atoms with van der Waals surface area (Å²) in [5.74, 6) is 0.785. The van der Waals surface area contributed by atoms with Gasteiger partial charge in [-0.3, -0.25) is 4.90 Å². The number of hydrogen-bond donors (Lipinski definition) is 0. The van der Waals surface area contributed by atoms with Crippen molar-refractivity contribution in [1.82, 2.24) is 4.90 Å². The minimum Gasteiger partial charge on any atom is -0.295 e. The zero-order valence-electron chi connectivity index (χ0n) is 8.99. The topological polar surface area (TPSA) is 3.24 Å². The van der Waals surface area contributed by atoms with E-state index in [1.165, 1.54) is 24.1 Å². The molecule has 0 saturated heterocycles. The number of hydrogen-bond acceptors (Lipinski definition) is 2. The van der Waals surface area contributed by atoms with Crippen molar-refractivity contribution < 1.29 is 0 Å². The second-order valence-electron chi connectivity index (χ2n) is 4.18. The molecule has 1 saturated carbocycles. The van der Waals surface area contributed by atoms with Gasteiger partial charge < -0.3 is 0 Å². The fourth-order valence-electron chi connectivity index (χ4n) is 2.01. The summed E-state index contributed by atoms with van der Waals surface area (Å²) in [5.41, 5.74) is 0. The van der Waals surface area contributed by atoms with E-state index in [-0.39, 0.29) is 0 Å². The predicted molar refractivity (Wildman–Crippen MR) is 67.7 cm³/mol. The normalized spacial score (nSPS) is 16.9. The highest BCUT2D eigenvalue weighted by Gasteiger charge is 2.24. The lowest BCUT2D eigenvalue weighted by molar-refractivity contribution is 0.121. The summed E-state index contributed by atoms with van der Waals surface area (Å²) in [7, 11) is 0. The van der Waals surface area contributed by atoms with E-state index in [0.717, 1.165) is 31.4 Å². The third kappa shape index (κ3) is 3.20. The number of rotatable bonds is 6. The molecule has 1 aliphatic rings. The fourth-order valence-corrected chi connectivity index (χ4v) is 2.86. The van der Waals surface area contributed by atoms with Gasteiger partial charge in [-0.2, -0.15) is 0 Å². The van der Waals surface area contributed by atoms with Gasteiger partial charge in [-0.05, 0) is 37.3 Å². The monoisotopic (exact) mass is 243 g/mol. The molecule has 0 aromatic carbocycles. The molecule has 15 heavy (non-hydrogen) atoms.